The lowest BCUT2D eigenvalue weighted by molar-refractivity contribution is -0.120. The molecule has 0 aromatic heterocycles. The van der Waals surface area contributed by atoms with Gasteiger partial charge in [-0.25, -0.2) is 0 Å². The standard InChI is InChI=1S/C37H29IN2O4S/c1-3-43-33-22-25(21-32(38)34(33)44-23-31-24(2)18-19-26-12-10-11-17-29(26)31)20-30-35(41)39(27-13-6-4-7-14-27)37(45)40(36(30)42)28-15-8-5-9-16-28/h4-22H,3,23H2,1-2H3. The number of amides is 2. The van der Waals surface area contributed by atoms with Crippen LogP contribution in [0.5, 0.6) is 11.5 Å². The predicted molar refractivity (Wildman–Crippen MR) is 192 cm³/mol. The average molecular weight is 725 g/mol. The van der Waals surface area contributed by atoms with E-state index < -0.39 is 11.8 Å². The van der Waals surface area contributed by atoms with Crippen molar-refractivity contribution >= 4 is 80.0 Å². The summed E-state index contributed by atoms with van der Waals surface area (Å²) in [6, 6.07) is 34.4. The van der Waals surface area contributed by atoms with Gasteiger partial charge in [0.05, 0.1) is 21.6 Å². The minimum Gasteiger partial charge on any atom is -0.490 e. The summed E-state index contributed by atoms with van der Waals surface area (Å²) in [6.45, 7) is 4.75. The van der Waals surface area contributed by atoms with Crippen LogP contribution in [0.1, 0.15) is 23.6 Å². The zero-order chi connectivity index (χ0) is 31.5. The maximum absolute atomic E-state index is 14.0. The molecule has 0 unspecified atom stereocenters. The number of fused-ring (bicyclic) bond motifs is 1. The van der Waals surface area contributed by atoms with Gasteiger partial charge >= 0.3 is 0 Å². The number of carbonyl (C=O) groups is 2. The first-order valence-corrected chi connectivity index (χ1v) is 16.0. The molecule has 1 aliphatic heterocycles. The van der Waals surface area contributed by atoms with E-state index in [4.69, 9.17) is 21.7 Å². The van der Waals surface area contributed by atoms with Crippen molar-refractivity contribution in [3.63, 3.8) is 0 Å². The molecule has 1 fully saturated rings. The first-order valence-electron chi connectivity index (χ1n) is 14.5. The SMILES string of the molecule is CCOc1cc(C=C2C(=O)N(c3ccccc3)C(=S)N(c3ccccc3)C2=O)cc(I)c1OCc1c(C)ccc2ccccc12. The summed E-state index contributed by atoms with van der Waals surface area (Å²) in [6.07, 6.45) is 1.60. The smallest absolute Gasteiger partial charge is 0.270 e. The lowest BCUT2D eigenvalue weighted by Crippen LogP contribution is -2.56. The van der Waals surface area contributed by atoms with Crippen LogP contribution in [0.3, 0.4) is 0 Å². The number of aryl methyl sites for hydroxylation is 1. The Balaban J connectivity index is 1.39. The molecule has 1 saturated heterocycles. The van der Waals surface area contributed by atoms with E-state index in [1.807, 2.05) is 61.5 Å². The first-order chi connectivity index (χ1) is 21.9. The zero-order valence-corrected chi connectivity index (χ0v) is 27.7. The number of nitrogens with zero attached hydrogens (tertiary/aromatic N) is 2. The van der Waals surface area contributed by atoms with Gasteiger partial charge in [0.1, 0.15) is 12.2 Å². The molecule has 0 bridgehead atoms. The van der Waals surface area contributed by atoms with E-state index in [9.17, 15) is 9.59 Å². The molecule has 0 aliphatic carbocycles. The number of halogens is 1. The maximum atomic E-state index is 14.0. The third-order valence-corrected chi connectivity index (χ3v) is 8.72. The van der Waals surface area contributed by atoms with Gasteiger partial charge in [-0.05, 0) is 113 Å². The van der Waals surface area contributed by atoms with Crippen molar-refractivity contribution in [2.45, 2.75) is 20.5 Å². The Bertz CT molecular complexity index is 1900. The molecular formula is C37H29IN2O4S. The van der Waals surface area contributed by atoms with Crippen LogP contribution < -0.4 is 19.3 Å². The highest BCUT2D eigenvalue weighted by molar-refractivity contribution is 14.1. The Morgan fingerprint density at radius 2 is 1.38 bits per heavy atom. The minimum absolute atomic E-state index is 0.0189. The first kappa shape index (κ1) is 30.5. The zero-order valence-electron chi connectivity index (χ0n) is 24.7. The van der Waals surface area contributed by atoms with Crippen molar-refractivity contribution in [3.8, 4) is 11.5 Å². The van der Waals surface area contributed by atoms with E-state index in [-0.39, 0.29) is 10.7 Å². The number of hydrogen-bond donors (Lipinski definition) is 0. The highest BCUT2D eigenvalue weighted by Gasteiger charge is 2.41. The Morgan fingerprint density at radius 1 is 0.778 bits per heavy atom. The molecule has 5 aromatic carbocycles. The van der Waals surface area contributed by atoms with Gasteiger partial charge < -0.3 is 9.47 Å². The monoisotopic (exact) mass is 724 g/mol. The number of carbonyl (C=O) groups excluding carboxylic acids is 2. The van der Waals surface area contributed by atoms with Crippen molar-refractivity contribution in [2.75, 3.05) is 16.4 Å². The van der Waals surface area contributed by atoms with Crippen LogP contribution in [0.25, 0.3) is 16.8 Å². The fraction of sp³-hybridized carbons (Fsp3) is 0.108. The van der Waals surface area contributed by atoms with Gasteiger partial charge in [0.25, 0.3) is 11.8 Å². The second-order valence-electron chi connectivity index (χ2n) is 10.4. The Kier molecular flexibility index (Phi) is 8.95. The van der Waals surface area contributed by atoms with Crippen LogP contribution in [0.4, 0.5) is 11.4 Å². The lowest BCUT2D eigenvalue weighted by Gasteiger charge is -2.36. The van der Waals surface area contributed by atoms with Crippen molar-refractivity contribution in [1.82, 2.24) is 0 Å². The molecule has 0 atom stereocenters. The molecule has 224 valence electrons. The second-order valence-corrected chi connectivity index (χ2v) is 12.0. The number of anilines is 2. The van der Waals surface area contributed by atoms with Gasteiger partial charge in [0, 0.05) is 5.56 Å². The number of benzene rings is 5. The second kappa shape index (κ2) is 13.2. The molecule has 1 heterocycles. The van der Waals surface area contributed by atoms with E-state index in [0.717, 1.165) is 25.5 Å². The molecule has 1 aliphatic rings. The summed E-state index contributed by atoms with van der Waals surface area (Å²) in [7, 11) is 0. The van der Waals surface area contributed by atoms with E-state index in [2.05, 4.69) is 53.8 Å². The maximum Gasteiger partial charge on any atom is 0.270 e. The van der Waals surface area contributed by atoms with Crippen molar-refractivity contribution in [1.29, 1.82) is 0 Å². The van der Waals surface area contributed by atoms with Crippen LogP contribution in [-0.2, 0) is 16.2 Å². The Morgan fingerprint density at radius 3 is 2.00 bits per heavy atom. The quantitative estimate of drug-likeness (QED) is 0.0696. The fourth-order valence-electron chi connectivity index (χ4n) is 5.36. The summed E-state index contributed by atoms with van der Waals surface area (Å²) in [5, 5.41) is 2.39. The number of thiocarbonyl (C=S) groups is 1. The van der Waals surface area contributed by atoms with Crippen LogP contribution in [-0.4, -0.2) is 23.5 Å². The topological polar surface area (TPSA) is 59.1 Å². The number of rotatable bonds is 8. The van der Waals surface area contributed by atoms with Crippen molar-refractivity contribution < 1.29 is 19.1 Å². The highest BCUT2D eigenvalue weighted by atomic mass is 127. The molecule has 0 radical (unpaired) electrons. The molecule has 0 saturated carbocycles. The molecule has 45 heavy (non-hydrogen) atoms. The van der Waals surface area contributed by atoms with Gasteiger partial charge in [-0.3, -0.25) is 19.4 Å². The van der Waals surface area contributed by atoms with Crippen LogP contribution in [0, 0.1) is 10.5 Å². The average Bonchev–Trinajstić information content (AvgIpc) is 3.05. The van der Waals surface area contributed by atoms with E-state index in [1.54, 1.807) is 36.4 Å². The molecule has 6 rings (SSSR count). The van der Waals surface area contributed by atoms with Gasteiger partial charge in [-0.1, -0.05) is 72.8 Å². The van der Waals surface area contributed by atoms with Gasteiger partial charge in [0.2, 0.25) is 0 Å². The number of hydrogen-bond acceptors (Lipinski definition) is 5. The summed E-state index contributed by atoms with van der Waals surface area (Å²) in [4.78, 5) is 30.7. The third kappa shape index (κ3) is 6.08. The number of para-hydroxylation sites is 2. The highest BCUT2D eigenvalue weighted by Crippen LogP contribution is 2.37. The van der Waals surface area contributed by atoms with Crippen molar-refractivity contribution in [2.24, 2.45) is 0 Å². The predicted octanol–water partition coefficient (Wildman–Crippen LogP) is 8.48. The molecule has 6 nitrogen and oxygen atoms in total. The molecule has 5 aromatic rings. The molecule has 8 heteroatoms. The van der Waals surface area contributed by atoms with Crippen LogP contribution in [0.15, 0.2) is 115 Å². The number of ether oxygens (including phenoxy) is 2. The molecule has 0 spiro atoms. The summed E-state index contributed by atoms with van der Waals surface area (Å²) < 4.78 is 13.2. The third-order valence-electron chi connectivity index (χ3n) is 7.56. The Labute approximate surface area is 281 Å². The van der Waals surface area contributed by atoms with Crippen LogP contribution in [0.2, 0.25) is 0 Å². The largest absolute Gasteiger partial charge is 0.490 e. The van der Waals surface area contributed by atoms with Gasteiger partial charge in [-0.15, -0.1) is 0 Å². The normalized spacial score (nSPS) is 13.4. The molecule has 2 amide bonds. The van der Waals surface area contributed by atoms with Gasteiger partial charge in [0.15, 0.2) is 16.6 Å². The lowest BCUT2D eigenvalue weighted by atomic mass is 10.0. The van der Waals surface area contributed by atoms with Crippen LogP contribution >= 0.6 is 34.8 Å². The van der Waals surface area contributed by atoms with E-state index >= 15 is 0 Å². The molecule has 0 N–H and O–H groups in total. The van der Waals surface area contributed by atoms with E-state index in [0.29, 0.717) is 41.7 Å². The fourth-order valence-corrected chi connectivity index (χ4v) is 6.52. The van der Waals surface area contributed by atoms with Crippen molar-refractivity contribution in [3.05, 3.63) is 135 Å². The Hall–Kier alpha value is -4.54. The molecular weight excluding hydrogens is 695 g/mol. The summed E-state index contributed by atoms with van der Waals surface area (Å²) in [5.41, 5.74) is 4.00. The summed E-state index contributed by atoms with van der Waals surface area (Å²) in [5.74, 6) is 0.137. The van der Waals surface area contributed by atoms with Gasteiger partial charge in [-0.2, -0.15) is 0 Å². The summed E-state index contributed by atoms with van der Waals surface area (Å²) >= 11 is 7.94. The van der Waals surface area contributed by atoms with E-state index in [1.165, 1.54) is 9.80 Å². The minimum atomic E-state index is -0.497.